The molecule has 0 N–H and O–H groups in total. The summed E-state index contributed by atoms with van der Waals surface area (Å²) in [6.45, 7) is 2.45. The maximum atomic E-state index is 13.0. The van der Waals surface area contributed by atoms with Crippen molar-refractivity contribution in [1.82, 2.24) is 4.90 Å². The molecule has 2 aromatic rings. The number of rotatable bonds is 7. The van der Waals surface area contributed by atoms with Crippen molar-refractivity contribution in [1.29, 1.82) is 0 Å². The number of carbonyl (C=O) groups is 2. The van der Waals surface area contributed by atoms with Gasteiger partial charge in [0.05, 0.1) is 0 Å². The normalized spacial score (nSPS) is 15.1. The average molecular weight is 408 g/mol. The lowest BCUT2D eigenvalue weighted by atomic mass is 9.89. The van der Waals surface area contributed by atoms with Crippen LogP contribution in [0.5, 0.6) is 0 Å². The fraction of sp³-hybridized carbons (Fsp3) is 0.364. The molecule has 0 bridgehead atoms. The fourth-order valence-electron chi connectivity index (χ4n) is 3.51. The molecule has 28 heavy (non-hydrogen) atoms. The second kappa shape index (κ2) is 10.4. The Hall–Kier alpha value is -2.11. The van der Waals surface area contributed by atoms with Gasteiger partial charge in [0.25, 0.3) is 0 Å². The molecule has 0 unspecified atom stereocenters. The van der Waals surface area contributed by atoms with E-state index < -0.39 is 0 Å². The van der Waals surface area contributed by atoms with E-state index in [2.05, 4.69) is 4.90 Å². The van der Waals surface area contributed by atoms with Gasteiger partial charge in [-0.2, -0.15) is 0 Å². The zero-order valence-corrected chi connectivity index (χ0v) is 16.4. The van der Waals surface area contributed by atoms with E-state index in [0.717, 1.165) is 38.9 Å². The minimum atomic E-state index is -0.343. The molecule has 0 atom stereocenters. The van der Waals surface area contributed by atoms with Crippen molar-refractivity contribution in [2.45, 2.75) is 25.7 Å². The van der Waals surface area contributed by atoms with E-state index in [-0.39, 0.29) is 41.5 Å². The minimum Gasteiger partial charge on any atom is -0.303 e. The van der Waals surface area contributed by atoms with Crippen LogP contribution in [0.15, 0.2) is 48.5 Å². The van der Waals surface area contributed by atoms with Gasteiger partial charge in [0, 0.05) is 23.5 Å². The van der Waals surface area contributed by atoms with Gasteiger partial charge in [-0.3, -0.25) is 9.59 Å². The molecule has 2 aromatic carbocycles. The molecular weight excluding hydrogens is 384 g/mol. The third-order valence-corrected chi connectivity index (χ3v) is 5.13. The molecule has 1 fully saturated rings. The van der Waals surface area contributed by atoms with Crippen LogP contribution in [0.2, 0.25) is 0 Å². The number of nitrogens with zero attached hydrogens (tertiary/aromatic N) is 1. The second-order valence-corrected chi connectivity index (χ2v) is 7.02. The number of halogens is 3. The second-order valence-electron chi connectivity index (χ2n) is 7.02. The molecule has 0 aromatic heterocycles. The van der Waals surface area contributed by atoms with Crippen molar-refractivity contribution in [3.8, 4) is 0 Å². The quantitative estimate of drug-likeness (QED) is 0.610. The molecule has 3 nitrogen and oxygen atoms in total. The van der Waals surface area contributed by atoms with Crippen molar-refractivity contribution in [3.63, 3.8) is 0 Å². The van der Waals surface area contributed by atoms with Gasteiger partial charge in [0.15, 0.2) is 11.6 Å². The molecule has 6 heteroatoms. The monoisotopic (exact) mass is 407 g/mol. The van der Waals surface area contributed by atoms with Crippen molar-refractivity contribution in [3.05, 3.63) is 71.3 Å². The van der Waals surface area contributed by atoms with Crippen molar-refractivity contribution in [2.75, 3.05) is 19.6 Å². The van der Waals surface area contributed by atoms with E-state index in [9.17, 15) is 18.4 Å². The van der Waals surface area contributed by atoms with Crippen LogP contribution in [0.3, 0.4) is 0 Å². The Morgan fingerprint density at radius 2 is 1.36 bits per heavy atom. The molecule has 150 valence electrons. The molecule has 1 aliphatic rings. The largest absolute Gasteiger partial charge is 0.303 e. The Kier molecular flexibility index (Phi) is 8.27. The van der Waals surface area contributed by atoms with Crippen LogP contribution in [-0.4, -0.2) is 36.1 Å². The van der Waals surface area contributed by atoms with E-state index in [0.29, 0.717) is 17.5 Å². The first-order chi connectivity index (χ1) is 13.0. The summed E-state index contributed by atoms with van der Waals surface area (Å²) in [7, 11) is 0. The first-order valence-electron chi connectivity index (χ1n) is 9.34. The summed E-state index contributed by atoms with van der Waals surface area (Å²) in [6, 6.07) is 11.4. The number of Topliss-reactive ketones (excluding diaryl/α,β-unsaturated/α-hetero) is 2. The van der Waals surface area contributed by atoms with Gasteiger partial charge in [-0.25, -0.2) is 8.78 Å². The van der Waals surface area contributed by atoms with Crippen molar-refractivity contribution >= 4 is 24.0 Å². The molecule has 0 saturated carbocycles. The van der Waals surface area contributed by atoms with Crippen molar-refractivity contribution < 1.29 is 18.4 Å². The van der Waals surface area contributed by atoms with Crippen LogP contribution in [0.4, 0.5) is 8.78 Å². The topological polar surface area (TPSA) is 37.4 Å². The highest BCUT2D eigenvalue weighted by atomic mass is 35.5. The van der Waals surface area contributed by atoms with Gasteiger partial charge < -0.3 is 4.90 Å². The Bertz CT molecular complexity index is 782. The van der Waals surface area contributed by atoms with Crippen molar-refractivity contribution in [2.24, 2.45) is 5.92 Å². The maximum absolute atomic E-state index is 13.0. The minimum absolute atomic E-state index is 0. The average Bonchev–Trinajstić information content (AvgIpc) is 2.69. The maximum Gasteiger partial charge on any atom is 0.166 e. The lowest BCUT2D eigenvalue weighted by Crippen LogP contribution is -2.37. The molecule has 1 heterocycles. The van der Waals surface area contributed by atoms with Crippen LogP contribution >= 0.6 is 12.4 Å². The number of hydrogen-bond donors (Lipinski definition) is 0. The Morgan fingerprint density at radius 1 is 0.857 bits per heavy atom. The first-order valence-corrected chi connectivity index (χ1v) is 9.34. The molecule has 1 aliphatic heterocycles. The molecule has 0 spiro atoms. The van der Waals surface area contributed by atoms with Gasteiger partial charge in [-0.05, 0) is 87.4 Å². The number of ketones is 2. The predicted octanol–water partition coefficient (Wildman–Crippen LogP) is 4.94. The highest BCUT2D eigenvalue weighted by Gasteiger charge is 2.25. The first kappa shape index (κ1) is 22.2. The van der Waals surface area contributed by atoms with Crippen LogP contribution in [-0.2, 0) is 0 Å². The van der Waals surface area contributed by atoms with E-state index in [1.807, 2.05) is 0 Å². The van der Waals surface area contributed by atoms with E-state index >= 15 is 0 Å². The Labute approximate surface area is 170 Å². The summed E-state index contributed by atoms with van der Waals surface area (Å²) in [6.07, 6.45) is 2.73. The third kappa shape index (κ3) is 5.94. The van der Waals surface area contributed by atoms with Gasteiger partial charge in [0.2, 0.25) is 0 Å². The highest BCUT2D eigenvalue weighted by Crippen LogP contribution is 2.22. The molecule has 3 rings (SSSR count). The number of hydrogen-bond acceptors (Lipinski definition) is 3. The predicted molar refractivity (Wildman–Crippen MR) is 107 cm³/mol. The summed E-state index contributed by atoms with van der Waals surface area (Å²) in [5.74, 6) is -0.591. The standard InChI is InChI=1S/C22H23F2NO2.ClH/c23-19-7-3-16(4-8-19)21(26)2-1-13-25-14-11-18(12-15-25)22(27)17-5-9-20(24)10-6-17;/h3-10,18H,1-2,11-15H2;1H. The highest BCUT2D eigenvalue weighted by molar-refractivity contribution is 5.98. The summed E-state index contributed by atoms with van der Waals surface area (Å²) in [5.41, 5.74) is 1.11. The van der Waals surface area contributed by atoms with E-state index in [1.165, 1.54) is 36.4 Å². The van der Waals surface area contributed by atoms with Gasteiger partial charge in [-0.1, -0.05) is 0 Å². The fourth-order valence-corrected chi connectivity index (χ4v) is 3.51. The van der Waals surface area contributed by atoms with E-state index in [4.69, 9.17) is 0 Å². The number of benzene rings is 2. The summed E-state index contributed by atoms with van der Waals surface area (Å²) in [4.78, 5) is 26.9. The number of carbonyl (C=O) groups excluding carboxylic acids is 2. The Balaban J connectivity index is 0.00000280. The number of piperidine rings is 1. The van der Waals surface area contributed by atoms with Gasteiger partial charge >= 0.3 is 0 Å². The zero-order chi connectivity index (χ0) is 19.2. The summed E-state index contributed by atoms with van der Waals surface area (Å²) < 4.78 is 25.9. The molecule has 1 saturated heterocycles. The lowest BCUT2D eigenvalue weighted by molar-refractivity contribution is 0.0837. The SMILES string of the molecule is Cl.O=C(CCCN1CCC(C(=O)c2ccc(F)cc2)CC1)c1ccc(F)cc1. The summed E-state index contributed by atoms with van der Waals surface area (Å²) in [5, 5.41) is 0. The molecule has 0 aliphatic carbocycles. The van der Waals surface area contributed by atoms with Crippen LogP contribution in [0.1, 0.15) is 46.4 Å². The van der Waals surface area contributed by atoms with Gasteiger partial charge in [0.1, 0.15) is 11.6 Å². The summed E-state index contributed by atoms with van der Waals surface area (Å²) >= 11 is 0. The third-order valence-electron chi connectivity index (χ3n) is 5.13. The zero-order valence-electron chi connectivity index (χ0n) is 15.6. The molecular formula is C22H24ClF2NO2. The number of likely N-dealkylation sites (tertiary alicyclic amines) is 1. The lowest BCUT2D eigenvalue weighted by Gasteiger charge is -2.31. The van der Waals surface area contributed by atoms with Crippen LogP contribution < -0.4 is 0 Å². The van der Waals surface area contributed by atoms with Crippen LogP contribution in [0.25, 0.3) is 0 Å². The Morgan fingerprint density at radius 3 is 1.89 bits per heavy atom. The molecule has 0 radical (unpaired) electrons. The smallest absolute Gasteiger partial charge is 0.166 e. The van der Waals surface area contributed by atoms with E-state index in [1.54, 1.807) is 12.1 Å². The molecule has 0 amide bonds. The van der Waals surface area contributed by atoms with Crippen LogP contribution in [0, 0.1) is 17.6 Å². The van der Waals surface area contributed by atoms with Gasteiger partial charge in [-0.15, -0.1) is 12.4 Å².